The first-order chi connectivity index (χ1) is 21.8. The van der Waals surface area contributed by atoms with Crippen LogP contribution in [0.25, 0.3) is 6.08 Å². The van der Waals surface area contributed by atoms with E-state index in [2.05, 4.69) is 15.4 Å². The van der Waals surface area contributed by atoms with E-state index in [0.29, 0.717) is 11.4 Å². The summed E-state index contributed by atoms with van der Waals surface area (Å²) in [6.45, 7) is 3.20. The smallest absolute Gasteiger partial charge is 0.339 e. The Morgan fingerprint density at radius 2 is 1.33 bits per heavy atom. The number of hydrogen-bond acceptors (Lipinski definition) is 9. The molecule has 46 heavy (non-hydrogen) atoms. The lowest BCUT2D eigenvalue weighted by atomic mass is 10.1. The van der Waals surface area contributed by atoms with E-state index in [-0.39, 0.29) is 44.0 Å². The van der Waals surface area contributed by atoms with Crippen LogP contribution in [0.15, 0.2) is 106 Å². The molecule has 0 aliphatic heterocycles. The van der Waals surface area contributed by atoms with Crippen molar-refractivity contribution < 1.29 is 35.3 Å². The lowest BCUT2D eigenvalue weighted by Crippen LogP contribution is -2.15. The summed E-state index contributed by atoms with van der Waals surface area (Å²) in [4.78, 5) is 23.9. The quantitative estimate of drug-likeness (QED) is 0.112. The number of amides is 2. The normalized spacial score (nSPS) is 11.6. The number of nitriles is 1. The SMILES string of the molecule is COc1ccc(/C=C(\C#N)C(=O)Nc2ccc(S(=O)(=O)Nc3ccc(C)cc3)cc2)cc1OS(=O)(=O)c1ccc(NC(C)=O)cc1. The van der Waals surface area contributed by atoms with Gasteiger partial charge in [-0.05, 0) is 91.4 Å². The monoisotopic (exact) mass is 660 g/mol. The van der Waals surface area contributed by atoms with Gasteiger partial charge in [0, 0.05) is 24.0 Å². The number of anilines is 3. The highest BCUT2D eigenvalue weighted by atomic mass is 32.2. The van der Waals surface area contributed by atoms with E-state index in [4.69, 9.17) is 8.92 Å². The summed E-state index contributed by atoms with van der Waals surface area (Å²) in [5, 5.41) is 14.8. The topological polar surface area (TPSA) is 181 Å². The molecule has 0 radical (unpaired) electrons. The average Bonchev–Trinajstić information content (AvgIpc) is 3.01. The zero-order chi connectivity index (χ0) is 33.5. The standard InChI is InChI=1S/C32H28N4O8S2/c1-21-4-7-27(8-5-21)36-45(39,40)28-13-9-26(10-14-28)35-32(38)24(20-33)18-23-6-17-30(43-3)31(19-23)44-46(41,42)29-15-11-25(12-16-29)34-22(2)37/h4-19,36H,1-3H3,(H,34,37)(H,35,38)/b24-18+. The van der Waals surface area contributed by atoms with Crippen LogP contribution in [0.1, 0.15) is 18.1 Å². The van der Waals surface area contributed by atoms with Gasteiger partial charge in [-0.15, -0.1) is 0 Å². The predicted molar refractivity (Wildman–Crippen MR) is 172 cm³/mol. The van der Waals surface area contributed by atoms with E-state index in [1.807, 2.05) is 6.92 Å². The molecule has 0 heterocycles. The molecule has 12 nitrogen and oxygen atoms in total. The van der Waals surface area contributed by atoms with Gasteiger partial charge in [0.05, 0.1) is 12.0 Å². The minimum Gasteiger partial charge on any atom is -0.493 e. The summed E-state index contributed by atoms with van der Waals surface area (Å²) in [7, 11) is -6.91. The van der Waals surface area contributed by atoms with Crippen LogP contribution in [0.2, 0.25) is 0 Å². The number of nitrogens with zero attached hydrogens (tertiary/aromatic N) is 1. The Balaban J connectivity index is 1.49. The minimum atomic E-state index is -4.34. The molecule has 4 rings (SSSR count). The fraction of sp³-hybridized carbons (Fsp3) is 0.0938. The molecule has 2 amide bonds. The molecule has 0 aromatic heterocycles. The van der Waals surface area contributed by atoms with E-state index in [1.165, 1.54) is 86.8 Å². The maximum Gasteiger partial charge on any atom is 0.339 e. The van der Waals surface area contributed by atoms with Crippen LogP contribution in [0.5, 0.6) is 11.5 Å². The molecule has 0 saturated heterocycles. The van der Waals surface area contributed by atoms with E-state index >= 15 is 0 Å². The van der Waals surface area contributed by atoms with Crippen molar-refractivity contribution >= 4 is 55.1 Å². The first-order valence-corrected chi connectivity index (χ1v) is 16.3. The second-order valence-electron chi connectivity index (χ2n) is 9.77. The molecule has 0 bridgehead atoms. The predicted octanol–water partition coefficient (Wildman–Crippen LogP) is 5.08. The Morgan fingerprint density at radius 1 is 0.761 bits per heavy atom. The van der Waals surface area contributed by atoms with E-state index in [1.54, 1.807) is 30.3 Å². The van der Waals surface area contributed by atoms with Crippen LogP contribution in [0, 0.1) is 18.3 Å². The molecule has 0 aliphatic carbocycles. The summed E-state index contributed by atoms with van der Waals surface area (Å²) in [5.74, 6) is -1.23. The Kier molecular flexibility index (Phi) is 10.1. The summed E-state index contributed by atoms with van der Waals surface area (Å²) in [5.41, 5.74) is 1.93. The minimum absolute atomic E-state index is 0.0356. The highest BCUT2D eigenvalue weighted by Crippen LogP contribution is 2.32. The largest absolute Gasteiger partial charge is 0.493 e. The van der Waals surface area contributed by atoms with Crippen molar-refractivity contribution in [3.63, 3.8) is 0 Å². The third-order valence-electron chi connectivity index (χ3n) is 6.25. The second-order valence-corrected chi connectivity index (χ2v) is 13.0. The van der Waals surface area contributed by atoms with Crippen molar-refractivity contribution in [1.82, 2.24) is 0 Å². The molecule has 3 N–H and O–H groups in total. The van der Waals surface area contributed by atoms with Gasteiger partial charge in [0.2, 0.25) is 5.91 Å². The van der Waals surface area contributed by atoms with Gasteiger partial charge in [-0.25, -0.2) is 8.42 Å². The lowest BCUT2D eigenvalue weighted by molar-refractivity contribution is -0.114. The number of benzene rings is 4. The average molecular weight is 661 g/mol. The van der Waals surface area contributed by atoms with Gasteiger partial charge in [-0.1, -0.05) is 23.8 Å². The number of rotatable bonds is 11. The number of hydrogen-bond donors (Lipinski definition) is 3. The van der Waals surface area contributed by atoms with Crippen LogP contribution in [-0.4, -0.2) is 35.8 Å². The van der Waals surface area contributed by atoms with Gasteiger partial charge in [0.25, 0.3) is 15.9 Å². The van der Waals surface area contributed by atoms with Gasteiger partial charge < -0.3 is 19.6 Å². The maximum atomic E-state index is 13.0. The third kappa shape index (κ3) is 8.50. The maximum absolute atomic E-state index is 13.0. The Labute approximate surface area is 266 Å². The van der Waals surface area contributed by atoms with Gasteiger partial charge in [0.1, 0.15) is 16.5 Å². The molecule has 236 valence electrons. The number of nitrogens with one attached hydrogen (secondary N) is 3. The van der Waals surface area contributed by atoms with E-state index in [9.17, 15) is 31.7 Å². The highest BCUT2D eigenvalue weighted by Gasteiger charge is 2.20. The summed E-state index contributed by atoms with van der Waals surface area (Å²) >= 11 is 0. The van der Waals surface area contributed by atoms with Crippen molar-refractivity contribution in [3.05, 3.63) is 108 Å². The van der Waals surface area contributed by atoms with Crippen LogP contribution in [0.3, 0.4) is 0 Å². The van der Waals surface area contributed by atoms with E-state index < -0.39 is 26.0 Å². The molecule has 0 spiro atoms. The molecular weight excluding hydrogens is 633 g/mol. The second kappa shape index (κ2) is 14.0. The molecule has 4 aromatic rings. The summed E-state index contributed by atoms with van der Waals surface area (Å²) in [6, 6.07) is 23.5. The number of methoxy groups -OCH3 is 1. The molecule has 4 aromatic carbocycles. The van der Waals surface area contributed by atoms with Gasteiger partial charge in [0.15, 0.2) is 11.5 Å². The van der Waals surface area contributed by atoms with Gasteiger partial charge in [-0.3, -0.25) is 14.3 Å². The number of aryl methyl sites for hydroxylation is 1. The van der Waals surface area contributed by atoms with Crippen molar-refractivity contribution in [2.75, 3.05) is 22.5 Å². The number of sulfonamides is 1. The van der Waals surface area contributed by atoms with E-state index in [0.717, 1.165) is 5.56 Å². The highest BCUT2D eigenvalue weighted by molar-refractivity contribution is 7.92. The van der Waals surface area contributed by atoms with Crippen molar-refractivity contribution in [2.24, 2.45) is 0 Å². The Bertz CT molecular complexity index is 2050. The van der Waals surface area contributed by atoms with Crippen LogP contribution < -0.4 is 24.3 Å². The molecule has 0 fully saturated rings. The summed E-state index contributed by atoms with van der Waals surface area (Å²) < 4.78 is 64.4. The van der Waals surface area contributed by atoms with Crippen molar-refractivity contribution in [2.45, 2.75) is 23.6 Å². The number of ether oxygens (including phenoxy) is 1. The molecule has 0 unspecified atom stereocenters. The lowest BCUT2D eigenvalue weighted by Gasteiger charge is -2.12. The molecule has 0 atom stereocenters. The first kappa shape index (κ1) is 33.2. The zero-order valence-corrected chi connectivity index (χ0v) is 26.4. The fourth-order valence-corrected chi connectivity index (χ4v) is 5.98. The molecule has 14 heteroatoms. The first-order valence-electron chi connectivity index (χ1n) is 13.4. The molecule has 0 aliphatic rings. The number of carbonyl (C=O) groups is 2. The van der Waals surface area contributed by atoms with Crippen molar-refractivity contribution in [3.8, 4) is 17.6 Å². The fourth-order valence-electron chi connectivity index (χ4n) is 3.99. The third-order valence-corrected chi connectivity index (χ3v) is 8.90. The van der Waals surface area contributed by atoms with Gasteiger partial charge in [-0.2, -0.15) is 13.7 Å². The van der Waals surface area contributed by atoms with Crippen LogP contribution in [0.4, 0.5) is 17.1 Å². The molecular formula is C32H28N4O8S2. The molecule has 0 saturated carbocycles. The Hall–Kier alpha value is -5.65. The van der Waals surface area contributed by atoms with Crippen molar-refractivity contribution in [1.29, 1.82) is 5.26 Å². The summed E-state index contributed by atoms with van der Waals surface area (Å²) in [6.07, 6.45) is 1.22. The number of carbonyl (C=O) groups excluding carboxylic acids is 2. The van der Waals surface area contributed by atoms with Gasteiger partial charge >= 0.3 is 10.1 Å². The Morgan fingerprint density at radius 3 is 1.89 bits per heavy atom. The zero-order valence-electron chi connectivity index (χ0n) is 24.8. The van der Waals surface area contributed by atoms with Crippen LogP contribution >= 0.6 is 0 Å². The van der Waals surface area contributed by atoms with Crippen LogP contribution in [-0.2, 0) is 29.7 Å².